The number of halogens is 1. The second-order valence-corrected chi connectivity index (χ2v) is 9.26. The fourth-order valence-corrected chi connectivity index (χ4v) is 4.60. The van der Waals surface area contributed by atoms with Gasteiger partial charge in [0, 0.05) is 11.6 Å². The highest BCUT2D eigenvalue weighted by atomic mass is 32.2. The molecular formula is C24H20FN3O5S. The molecule has 0 aliphatic heterocycles. The minimum absolute atomic E-state index is 0.0179. The number of sulfonamides is 1. The summed E-state index contributed by atoms with van der Waals surface area (Å²) in [5, 5.41) is 10.8. The normalized spacial score (nSPS) is 11.4. The van der Waals surface area contributed by atoms with Crippen molar-refractivity contribution < 1.29 is 27.4 Å². The zero-order chi connectivity index (χ0) is 24.3. The van der Waals surface area contributed by atoms with Crippen LogP contribution >= 0.6 is 0 Å². The molecule has 8 nitrogen and oxygen atoms in total. The van der Waals surface area contributed by atoms with E-state index in [0.29, 0.717) is 17.5 Å². The number of anilines is 1. The number of aromatic nitrogens is 2. The summed E-state index contributed by atoms with van der Waals surface area (Å²) in [6, 6.07) is 16.1. The lowest BCUT2D eigenvalue weighted by molar-refractivity contribution is 0.0591. The Morgan fingerprint density at radius 3 is 2.44 bits per heavy atom. The average molecular weight is 482 g/mol. The summed E-state index contributed by atoms with van der Waals surface area (Å²) >= 11 is 0. The lowest BCUT2D eigenvalue weighted by atomic mass is 10.0. The number of carbonyl (C=O) groups excluding carboxylic acids is 1. The third kappa shape index (κ3) is 5.12. The predicted octanol–water partition coefficient (Wildman–Crippen LogP) is 3.79. The SMILES string of the molecule is COC(=O)c1nc(NS(=O)(=O)Cc2ccccc2)c2cc(Cc3ccc(F)cc3)cnc2c1O. The maximum Gasteiger partial charge on any atom is 0.360 e. The first-order chi connectivity index (χ1) is 16.3. The number of hydrogen-bond acceptors (Lipinski definition) is 7. The van der Waals surface area contributed by atoms with Crippen molar-refractivity contribution in [2.75, 3.05) is 11.8 Å². The molecule has 0 fully saturated rings. The molecule has 2 aromatic heterocycles. The first-order valence-electron chi connectivity index (χ1n) is 10.1. The highest BCUT2D eigenvalue weighted by Gasteiger charge is 2.23. The van der Waals surface area contributed by atoms with Crippen molar-refractivity contribution in [3.63, 3.8) is 0 Å². The smallest absolute Gasteiger partial charge is 0.360 e. The summed E-state index contributed by atoms with van der Waals surface area (Å²) in [7, 11) is -2.82. The Hall–Kier alpha value is -4.05. The van der Waals surface area contributed by atoms with E-state index in [1.807, 2.05) is 0 Å². The number of aromatic hydroxyl groups is 1. The second kappa shape index (κ2) is 9.44. The fourth-order valence-electron chi connectivity index (χ4n) is 3.44. The van der Waals surface area contributed by atoms with E-state index in [-0.39, 0.29) is 28.3 Å². The average Bonchev–Trinajstić information content (AvgIpc) is 2.82. The molecule has 34 heavy (non-hydrogen) atoms. The van der Waals surface area contributed by atoms with Gasteiger partial charge < -0.3 is 9.84 Å². The molecule has 10 heteroatoms. The van der Waals surface area contributed by atoms with Gasteiger partial charge in [-0.05, 0) is 41.3 Å². The molecule has 0 bridgehead atoms. The van der Waals surface area contributed by atoms with E-state index in [0.717, 1.165) is 12.7 Å². The number of carbonyl (C=O) groups is 1. The molecule has 4 rings (SSSR count). The summed E-state index contributed by atoms with van der Waals surface area (Å²) in [6.07, 6.45) is 1.85. The van der Waals surface area contributed by atoms with Gasteiger partial charge in [-0.25, -0.2) is 22.6 Å². The lowest BCUT2D eigenvalue weighted by Crippen LogP contribution is -2.18. The molecule has 174 valence electrons. The van der Waals surface area contributed by atoms with E-state index < -0.39 is 27.4 Å². The van der Waals surface area contributed by atoms with Crippen LogP contribution in [-0.4, -0.2) is 36.6 Å². The van der Waals surface area contributed by atoms with Gasteiger partial charge in [-0.3, -0.25) is 9.71 Å². The van der Waals surface area contributed by atoms with Crippen LogP contribution in [0, 0.1) is 5.82 Å². The van der Waals surface area contributed by atoms with Gasteiger partial charge in [0.1, 0.15) is 17.2 Å². The van der Waals surface area contributed by atoms with Crippen molar-refractivity contribution in [1.82, 2.24) is 9.97 Å². The van der Waals surface area contributed by atoms with Gasteiger partial charge in [-0.15, -0.1) is 0 Å². The van der Waals surface area contributed by atoms with Gasteiger partial charge in [0.15, 0.2) is 11.4 Å². The number of rotatable bonds is 7. The van der Waals surface area contributed by atoms with Gasteiger partial charge in [0.2, 0.25) is 10.0 Å². The Bertz CT molecular complexity index is 1460. The molecule has 0 saturated heterocycles. The molecule has 2 N–H and O–H groups in total. The number of pyridine rings is 2. The molecule has 0 radical (unpaired) electrons. The van der Waals surface area contributed by atoms with Crippen LogP contribution < -0.4 is 4.72 Å². The molecule has 0 amide bonds. The largest absolute Gasteiger partial charge is 0.504 e. The van der Waals surface area contributed by atoms with E-state index in [4.69, 9.17) is 0 Å². The quantitative estimate of drug-likeness (QED) is 0.386. The Morgan fingerprint density at radius 1 is 1.06 bits per heavy atom. The molecule has 0 aliphatic rings. The molecule has 2 aromatic carbocycles. The lowest BCUT2D eigenvalue weighted by Gasteiger charge is -2.14. The van der Waals surface area contributed by atoms with Crippen LogP contribution in [0.1, 0.15) is 27.2 Å². The monoisotopic (exact) mass is 481 g/mol. The van der Waals surface area contributed by atoms with Crippen molar-refractivity contribution >= 4 is 32.7 Å². The number of esters is 1. The van der Waals surface area contributed by atoms with Crippen LogP contribution in [-0.2, 0) is 26.9 Å². The van der Waals surface area contributed by atoms with E-state index in [9.17, 15) is 22.7 Å². The van der Waals surface area contributed by atoms with Crippen LogP contribution in [0.2, 0.25) is 0 Å². The van der Waals surface area contributed by atoms with E-state index in [2.05, 4.69) is 19.4 Å². The highest BCUT2D eigenvalue weighted by Crippen LogP contribution is 2.33. The molecule has 2 heterocycles. The minimum Gasteiger partial charge on any atom is -0.504 e. The summed E-state index contributed by atoms with van der Waals surface area (Å²) in [5.74, 6) is -2.33. The Morgan fingerprint density at radius 2 is 1.76 bits per heavy atom. The summed E-state index contributed by atoms with van der Waals surface area (Å²) < 4.78 is 46.0. The van der Waals surface area contributed by atoms with Gasteiger partial charge in [0.05, 0.1) is 12.9 Å². The van der Waals surface area contributed by atoms with Gasteiger partial charge in [0.25, 0.3) is 0 Å². The van der Waals surface area contributed by atoms with Crippen LogP contribution in [0.5, 0.6) is 5.75 Å². The maximum absolute atomic E-state index is 13.2. The molecule has 0 atom stereocenters. The zero-order valence-electron chi connectivity index (χ0n) is 18.0. The molecule has 0 saturated carbocycles. The van der Waals surface area contributed by atoms with Crippen LogP contribution in [0.4, 0.5) is 10.2 Å². The van der Waals surface area contributed by atoms with Crippen molar-refractivity contribution in [1.29, 1.82) is 0 Å². The number of hydrogen-bond donors (Lipinski definition) is 2. The second-order valence-electron chi connectivity index (χ2n) is 7.54. The van der Waals surface area contributed by atoms with E-state index in [1.165, 1.54) is 18.3 Å². The maximum atomic E-state index is 13.2. The first kappa shape index (κ1) is 23.1. The van der Waals surface area contributed by atoms with Crippen LogP contribution in [0.3, 0.4) is 0 Å². The van der Waals surface area contributed by atoms with E-state index >= 15 is 0 Å². The van der Waals surface area contributed by atoms with Gasteiger partial charge in [-0.2, -0.15) is 0 Å². The molecular weight excluding hydrogens is 461 g/mol. The Balaban J connectivity index is 1.78. The number of benzene rings is 2. The van der Waals surface area contributed by atoms with Crippen molar-refractivity contribution in [2.45, 2.75) is 12.2 Å². The minimum atomic E-state index is -3.93. The molecule has 0 unspecified atom stereocenters. The number of nitrogens with zero attached hydrogens (tertiary/aromatic N) is 2. The van der Waals surface area contributed by atoms with Crippen molar-refractivity contribution in [2.24, 2.45) is 0 Å². The summed E-state index contributed by atoms with van der Waals surface area (Å²) in [4.78, 5) is 20.4. The fraction of sp³-hybridized carbons (Fsp3) is 0.125. The number of fused-ring (bicyclic) bond motifs is 1. The molecule has 4 aromatic rings. The molecule has 0 aliphatic carbocycles. The first-order valence-corrected chi connectivity index (χ1v) is 11.8. The highest BCUT2D eigenvalue weighted by molar-refractivity contribution is 7.91. The third-order valence-electron chi connectivity index (χ3n) is 5.02. The number of methoxy groups -OCH3 is 1. The number of nitrogens with one attached hydrogen (secondary N) is 1. The topological polar surface area (TPSA) is 118 Å². The Kier molecular flexibility index (Phi) is 6.42. The summed E-state index contributed by atoms with van der Waals surface area (Å²) in [5.41, 5.74) is 1.54. The predicted molar refractivity (Wildman–Crippen MR) is 124 cm³/mol. The zero-order valence-corrected chi connectivity index (χ0v) is 18.8. The van der Waals surface area contributed by atoms with E-state index in [1.54, 1.807) is 48.5 Å². The van der Waals surface area contributed by atoms with Crippen molar-refractivity contribution in [3.05, 3.63) is 95.1 Å². The van der Waals surface area contributed by atoms with Crippen molar-refractivity contribution in [3.8, 4) is 5.75 Å². The third-order valence-corrected chi connectivity index (χ3v) is 6.24. The molecule has 0 spiro atoms. The van der Waals surface area contributed by atoms with Crippen LogP contribution in [0.25, 0.3) is 10.9 Å². The summed E-state index contributed by atoms with van der Waals surface area (Å²) in [6.45, 7) is 0. The number of ether oxygens (including phenoxy) is 1. The van der Waals surface area contributed by atoms with Gasteiger partial charge in [-0.1, -0.05) is 42.5 Å². The van der Waals surface area contributed by atoms with Crippen LogP contribution in [0.15, 0.2) is 66.9 Å². The standard InChI is InChI=1S/C24H20FN3O5S/c1-33-24(30)21-22(29)20-19(12-17(13-26-20)11-15-7-9-18(25)10-8-15)23(27-21)28-34(31,32)14-16-5-3-2-4-6-16/h2-10,12-13,29H,11,14H2,1H3,(H,27,28). The Labute approximate surface area is 195 Å². The van der Waals surface area contributed by atoms with Gasteiger partial charge >= 0.3 is 5.97 Å².